The molecule has 0 aliphatic heterocycles. The van der Waals surface area contributed by atoms with Gasteiger partial charge in [-0.3, -0.25) is 5.10 Å². The molecule has 2 rings (SSSR count). The first-order valence-corrected chi connectivity index (χ1v) is 5.61. The van der Waals surface area contributed by atoms with Gasteiger partial charge in [0.1, 0.15) is 0 Å². The molecule has 0 bridgehead atoms. The van der Waals surface area contributed by atoms with E-state index in [4.69, 9.17) is 17.2 Å². The van der Waals surface area contributed by atoms with Gasteiger partial charge in [0.2, 0.25) is 5.96 Å². The van der Waals surface area contributed by atoms with Crippen molar-refractivity contribution in [2.24, 2.45) is 27.2 Å². The maximum absolute atomic E-state index is 5.63. The van der Waals surface area contributed by atoms with Crippen LogP contribution in [0.1, 0.15) is 5.69 Å². The van der Waals surface area contributed by atoms with Crippen molar-refractivity contribution < 1.29 is 0 Å². The number of nitrogens with two attached hydrogens (primary N) is 3. The number of aliphatic imine (C=N–C) groups is 2. The topological polar surface area (TPSA) is 131 Å². The van der Waals surface area contributed by atoms with Crippen LogP contribution in [0.25, 0.3) is 11.3 Å². The first kappa shape index (κ1) is 12.6. The average Bonchev–Trinajstić information content (AvgIpc) is 2.75. The molecule has 0 unspecified atom stereocenters. The number of benzene rings is 1. The Balaban J connectivity index is 2.45. The van der Waals surface area contributed by atoms with Crippen LogP contribution in [0.4, 0.5) is 5.69 Å². The minimum atomic E-state index is -0.130. The fourth-order valence-electron chi connectivity index (χ4n) is 1.62. The molecule has 19 heavy (non-hydrogen) atoms. The van der Waals surface area contributed by atoms with Crippen LogP contribution in [-0.2, 0) is 0 Å². The van der Waals surface area contributed by atoms with E-state index in [-0.39, 0.29) is 11.9 Å². The Labute approximate surface area is 110 Å². The molecule has 2 aromatic rings. The Bertz CT molecular complexity index is 635. The van der Waals surface area contributed by atoms with Gasteiger partial charge in [-0.15, -0.1) is 0 Å². The van der Waals surface area contributed by atoms with E-state index in [0.29, 0.717) is 5.69 Å². The van der Waals surface area contributed by atoms with Crippen molar-refractivity contribution in [2.45, 2.75) is 6.92 Å². The molecule has 0 aliphatic rings. The van der Waals surface area contributed by atoms with Crippen LogP contribution < -0.4 is 17.2 Å². The van der Waals surface area contributed by atoms with Crippen molar-refractivity contribution in [1.82, 2.24) is 10.2 Å². The summed E-state index contributed by atoms with van der Waals surface area (Å²) in [6, 6.07) is 9.39. The molecule has 98 valence electrons. The van der Waals surface area contributed by atoms with E-state index in [2.05, 4.69) is 20.2 Å². The van der Waals surface area contributed by atoms with Gasteiger partial charge in [-0.25, -0.2) is 4.99 Å². The van der Waals surface area contributed by atoms with Gasteiger partial charge in [0.25, 0.3) is 0 Å². The summed E-state index contributed by atoms with van der Waals surface area (Å²) in [5, 5.41) is 7.08. The molecule has 7 N–H and O–H groups in total. The predicted octanol–water partition coefficient (Wildman–Crippen LogP) is 0.605. The number of guanidine groups is 2. The minimum Gasteiger partial charge on any atom is -0.370 e. The summed E-state index contributed by atoms with van der Waals surface area (Å²) in [6.45, 7) is 1.93. The summed E-state index contributed by atoms with van der Waals surface area (Å²) in [5.41, 5.74) is 19.4. The van der Waals surface area contributed by atoms with E-state index in [1.54, 1.807) is 0 Å². The predicted molar refractivity (Wildman–Crippen MR) is 75.9 cm³/mol. The van der Waals surface area contributed by atoms with Gasteiger partial charge < -0.3 is 17.2 Å². The molecule has 0 saturated heterocycles. The Morgan fingerprint density at radius 3 is 2.58 bits per heavy atom. The van der Waals surface area contributed by atoms with Crippen molar-refractivity contribution >= 4 is 17.6 Å². The molecule has 0 fully saturated rings. The second-order valence-corrected chi connectivity index (χ2v) is 3.96. The fraction of sp³-hybridized carbons (Fsp3) is 0.0833. The van der Waals surface area contributed by atoms with E-state index in [1.807, 2.05) is 37.3 Å². The lowest BCUT2D eigenvalue weighted by Gasteiger charge is -2.02. The Morgan fingerprint density at radius 1 is 1.21 bits per heavy atom. The Hall–Kier alpha value is -2.83. The lowest BCUT2D eigenvalue weighted by molar-refractivity contribution is 1.05. The minimum absolute atomic E-state index is 0.000271. The molecule has 0 amide bonds. The number of H-pyrrole nitrogens is 1. The average molecular weight is 257 g/mol. The van der Waals surface area contributed by atoms with Gasteiger partial charge in [-0.05, 0) is 19.1 Å². The van der Waals surface area contributed by atoms with Crippen LogP contribution in [0, 0.1) is 6.92 Å². The Morgan fingerprint density at radius 2 is 1.95 bits per heavy atom. The summed E-state index contributed by atoms with van der Waals surface area (Å²) in [4.78, 5) is 7.86. The molecule has 0 aliphatic carbocycles. The highest BCUT2D eigenvalue weighted by molar-refractivity contribution is 5.94. The van der Waals surface area contributed by atoms with Crippen molar-refractivity contribution in [3.8, 4) is 11.3 Å². The molecular formula is C12H15N7. The summed E-state index contributed by atoms with van der Waals surface area (Å²) < 4.78 is 0. The molecular weight excluding hydrogens is 242 g/mol. The van der Waals surface area contributed by atoms with Crippen LogP contribution in [0.3, 0.4) is 0 Å². The molecule has 1 aromatic heterocycles. The zero-order chi connectivity index (χ0) is 13.8. The zero-order valence-corrected chi connectivity index (χ0v) is 10.5. The highest BCUT2D eigenvalue weighted by atomic mass is 15.1. The lowest BCUT2D eigenvalue weighted by Crippen LogP contribution is -2.26. The van der Waals surface area contributed by atoms with E-state index in [1.165, 1.54) is 0 Å². The van der Waals surface area contributed by atoms with Crippen molar-refractivity contribution in [3.05, 3.63) is 36.0 Å². The van der Waals surface area contributed by atoms with Crippen molar-refractivity contribution in [1.29, 1.82) is 0 Å². The van der Waals surface area contributed by atoms with Crippen LogP contribution in [-0.4, -0.2) is 22.1 Å². The molecule has 0 spiro atoms. The van der Waals surface area contributed by atoms with Crippen LogP contribution in [0.2, 0.25) is 0 Å². The first-order chi connectivity index (χ1) is 9.06. The first-order valence-electron chi connectivity index (χ1n) is 5.61. The second kappa shape index (κ2) is 5.21. The molecule has 7 heteroatoms. The Kier molecular flexibility index (Phi) is 3.46. The van der Waals surface area contributed by atoms with Gasteiger partial charge in [0.05, 0.1) is 11.4 Å². The van der Waals surface area contributed by atoms with Crippen LogP contribution in [0.5, 0.6) is 0 Å². The van der Waals surface area contributed by atoms with Gasteiger partial charge in [0, 0.05) is 11.3 Å². The number of aryl methyl sites for hydroxylation is 1. The lowest BCUT2D eigenvalue weighted by atomic mass is 10.1. The van der Waals surface area contributed by atoms with Gasteiger partial charge in [-0.2, -0.15) is 10.1 Å². The zero-order valence-electron chi connectivity index (χ0n) is 10.5. The molecule has 0 radical (unpaired) electrons. The van der Waals surface area contributed by atoms with E-state index in [0.717, 1.165) is 17.0 Å². The monoisotopic (exact) mass is 257 g/mol. The number of hydrogen-bond donors (Lipinski definition) is 4. The largest absolute Gasteiger partial charge is 0.370 e. The number of hydrogen-bond acceptors (Lipinski definition) is 2. The molecule has 0 atom stereocenters. The highest BCUT2D eigenvalue weighted by Gasteiger charge is 2.07. The van der Waals surface area contributed by atoms with Crippen LogP contribution >= 0.6 is 0 Å². The van der Waals surface area contributed by atoms with Crippen molar-refractivity contribution in [3.63, 3.8) is 0 Å². The van der Waals surface area contributed by atoms with Crippen LogP contribution in [0.15, 0.2) is 40.3 Å². The number of nitrogens with one attached hydrogen (secondary N) is 1. The maximum atomic E-state index is 5.63. The molecule has 0 saturated carbocycles. The van der Waals surface area contributed by atoms with Gasteiger partial charge in [0.15, 0.2) is 5.96 Å². The van der Waals surface area contributed by atoms with Gasteiger partial charge in [-0.1, -0.05) is 18.2 Å². The second-order valence-electron chi connectivity index (χ2n) is 3.96. The number of nitrogens with zero attached hydrogens (tertiary/aromatic N) is 3. The number of aromatic nitrogens is 2. The summed E-state index contributed by atoms with van der Waals surface area (Å²) in [6.07, 6.45) is 0. The smallest absolute Gasteiger partial charge is 0.223 e. The summed E-state index contributed by atoms with van der Waals surface area (Å²) in [5.74, 6) is -0.131. The van der Waals surface area contributed by atoms with Crippen molar-refractivity contribution in [2.75, 3.05) is 0 Å². The molecule has 1 aromatic carbocycles. The van der Waals surface area contributed by atoms with Gasteiger partial charge >= 0.3 is 0 Å². The highest BCUT2D eigenvalue weighted by Crippen LogP contribution is 2.28. The van der Waals surface area contributed by atoms with E-state index in [9.17, 15) is 0 Å². The summed E-state index contributed by atoms with van der Waals surface area (Å²) >= 11 is 0. The third-order valence-corrected chi connectivity index (χ3v) is 2.36. The third-order valence-electron chi connectivity index (χ3n) is 2.36. The third kappa shape index (κ3) is 3.09. The number of para-hydroxylation sites is 1. The SMILES string of the molecule is Cc1cc(-c2ccccc2N=C(N)N=C(N)N)n[nH]1. The number of aromatic amines is 1. The summed E-state index contributed by atoms with van der Waals surface area (Å²) in [7, 11) is 0. The maximum Gasteiger partial charge on any atom is 0.223 e. The standard InChI is InChI=1S/C12H15N7/c1-7-6-10(19-18-7)8-4-2-3-5-9(8)16-12(15)17-11(13)14/h2-6H,1H3,(H,18,19)(H6,13,14,15,16,17). The van der Waals surface area contributed by atoms with E-state index < -0.39 is 0 Å². The quantitative estimate of drug-likeness (QED) is 0.463. The van der Waals surface area contributed by atoms with E-state index >= 15 is 0 Å². The molecule has 1 heterocycles. The number of rotatable bonds is 2. The normalized spacial score (nSPS) is 11.3. The molecule has 7 nitrogen and oxygen atoms in total. The fourth-order valence-corrected chi connectivity index (χ4v) is 1.62.